The van der Waals surface area contributed by atoms with Crippen LogP contribution in [0.3, 0.4) is 0 Å². The molecule has 1 N–H and O–H groups in total. The van der Waals surface area contributed by atoms with Gasteiger partial charge in [-0.05, 0) is 51.4 Å². The highest BCUT2D eigenvalue weighted by Gasteiger charge is 2.34. The molecule has 0 heterocycles. The van der Waals surface area contributed by atoms with E-state index in [-0.39, 0.29) is 5.41 Å². The zero-order chi connectivity index (χ0) is 14.4. The first-order valence-corrected chi connectivity index (χ1v) is 7.09. The zero-order valence-corrected chi connectivity index (χ0v) is 12.9. The largest absolute Gasteiger partial charge is 0.481 e. The minimum atomic E-state index is -0.694. The monoisotopic (exact) mass is 254 g/mol. The third-order valence-electron chi connectivity index (χ3n) is 4.47. The highest BCUT2D eigenvalue weighted by molar-refractivity contribution is 5.73. The quantitative estimate of drug-likeness (QED) is 0.626. The molecule has 0 aliphatic heterocycles. The van der Waals surface area contributed by atoms with Crippen molar-refractivity contribution < 1.29 is 9.90 Å². The molecule has 2 atom stereocenters. The van der Waals surface area contributed by atoms with E-state index in [0.717, 1.165) is 25.7 Å². The number of carboxylic acids is 1. The summed E-state index contributed by atoms with van der Waals surface area (Å²) in [6.45, 7) is 12.4. The number of hydrogen-bond acceptors (Lipinski definition) is 1. The van der Waals surface area contributed by atoms with Gasteiger partial charge in [-0.15, -0.1) is 0 Å². The normalized spacial score (nSPS) is 17.7. The van der Waals surface area contributed by atoms with Crippen LogP contribution in [-0.4, -0.2) is 11.1 Å². The summed E-state index contributed by atoms with van der Waals surface area (Å²) in [6, 6.07) is 0. The molecule has 0 fully saturated rings. The van der Waals surface area contributed by atoms with Gasteiger partial charge in [-0.2, -0.15) is 0 Å². The fraction of sp³-hybridized carbons (Fsp3) is 0.812. The molecule has 0 aliphatic carbocycles. The second-order valence-corrected chi connectivity index (χ2v) is 6.24. The Labute approximate surface area is 112 Å². The van der Waals surface area contributed by atoms with Crippen molar-refractivity contribution in [2.24, 2.45) is 16.7 Å². The Balaban J connectivity index is 4.81. The molecule has 0 aliphatic rings. The van der Waals surface area contributed by atoms with Gasteiger partial charge in [0.2, 0.25) is 0 Å². The first kappa shape index (κ1) is 17.2. The van der Waals surface area contributed by atoms with E-state index in [1.165, 1.54) is 0 Å². The molecule has 106 valence electrons. The smallest absolute Gasteiger partial charge is 0.309 e. The molecule has 0 rings (SSSR count). The zero-order valence-electron chi connectivity index (χ0n) is 12.9. The van der Waals surface area contributed by atoms with Crippen LogP contribution >= 0.6 is 0 Å². The first-order valence-electron chi connectivity index (χ1n) is 7.09. The highest BCUT2D eigenvalue weighted by Crippen LogP contribution is 2.41. The second-order valence-electron chi connectivity index (χ2n) is 6.24. The summed E-state index contributed by atoms with van der Waals surface area (Å²) >= 11 is 0. The van der Waals surface area contributed by atoms with E-state index in [1.54, 1.807) is 0 Å². The predicted molar refractivity (Wildman–Crippen MR) is 77.6 cm³/mol. The Kier molecular flexibility index (Phi) is 6.66. The molecule has 18 heavy (non-hydrogen) atoms. The molecule has 0 aromatic heterocycles. The number of allylic oxidation sites excluding steroid dienone is 2. The van der Waals surface area contributed by atoms with E-state index < -0.39 is 11.4 Å². The lowest BCUT2D eigenvalue weighted by molar-refractivity contribution is -0.147. The maximum atomic E-state index is 11.2. The molecule has 0 saturated carbocycles. The van der Waals surface area contributed by atoms with Crippen LogP contribution in [0.1, 0.15) is 67.2 Å². The Morgan fingerprint density at radius 2 is 1.78 bits per heavy atom. The summed E-state index contributed by atoms with van der Waals surface area (Å²) in [6.07, 6.45) is 8.29. The molecular weight excluding hydrogens is 224 g/mol. The van der Waals surface area contributed by atoms with Crippen LogP contribution in [0.2, 0.25) is 0 Å². The van der Waals surface area contributed by atoms with Gasteiger partial charge in [-0.1, -0.05) is 39.3 Å². The van der Waals surface area contributed by atoms with Gasteiger partial charge < -0.3 is 5.11 Å². The Hall–Kier alpha value is -0.790. The average molecular weight is 254 g/mol. The van der Waals surface area contributed by atoms with Crippen LogP contribution in [0.15, 0.2) is 12.2 Å². The fourth-order valence-electron chi connectivity index (χ4n) is 2.42. The van der Waals surface area contributed by atoms with Gasteiger partial charge in [0.15, 0.2) is 0 Å². The maximum Gasteiger partial charge on any atom is 0.309 e. The van der Waals surface area contributed by atoms with E-state index in [9.17, 15) is 9.90 Å². The van der Waals surface area contributed by atoms with Crippen molar-refractivity contribution >= 4 is 5.97 Å². The molecule has 0 amide bonds. The third-order valence-corrected chi connectivity index (χ3v) is 4.47. The number of hydrogen-bond donors (Lipinski definition) is 1. The van der Waals surface area contributed by atoms with Crippen LogP contribution in [0, 0.1) is 16.7 Å². The molecule has 0 bridgehead atoms. The van der Waals surface area contributed by atoms with E-state index >= 15 is 0 Å². The van der Waals surface area contributed by atoms with E-state index in [2.05, 4.69) is 39.8 Å². The first-order chi connectivity index (χ1) is 8.23. The highest BCUT2D eigenvalue weighted by atomic mass is 16.4. The molecule has 0 radical (unpaired) electrons. The van der Waals surface area contributed by atoms with Crippen LogP contribution in [0.25, 0.3) is 0 Å². The molecule has 2 nitrogen and oxygen atoms in total. The minimum absolute atomic E-state index is 0.202. The number of rotatable bonds is 8. The van der Waals surface area contributed by atoms with Gasteiger partial charge in [0, 0.05) is 0 Å². The van der Waals surface area contributed by atoms with E-state index in [0.29, 0.717) is 5.92 Å². The minimum Gasteiger partial charge on any atom is -0.481 e. The summed E-state index contributed by atoms with van der Waals surface area (Å²) in [5.74, 6) is -0.155. The van der Waals surface area contributed by atoms with Crippen LogP contribution in [0.4, 0.5) is 0 Å². The fourth-order valence-corrected chi connectivity index (χ4v) is 2.42. The van der Waals surface area contributed by atoms with Gasteiger partial charge in [-0.3, -0.25) is 4.79 Å². The van der Waals surface area contributed by atoms with E-state index in [4.69, 9.17) is 0 Å². The van der Waals surface area contributed by atoms with Crippen molar-refractivity contribution in [1.82, 2.24) is 0 Å². The SMILES string of the molecule is C/C=C\C(CC)C(C)(CC)CCC(C)(C)C(=O)O. The van der Waals surface area contributed by atoms with Crippen molar-refractivity contribution in [2.75, 3.05) is 0 Å². The maximum absolute atomic E-state index is 11.2. The van der Waals surface area contributed by atoms with Crippen molar-refractivity contribution in [3.05, 3.63) is 12.2 Å². The topological polar surface area (TPSA) is 37.3 Å². The van der Waals surface area contributed by atoms with Crippen molar-refractivity contribution in [3.8, 4) is 0 Å². The summed E-state index contributed by atoms with van der Waals surface area (Å²) in [5, 5.41) is 9.20. The van der Waals surface area contributed by atoms with Gasteiger partial charge in [-0.25, -0.2) is 0 Å². The van der Waals surface area contributed by atoms with E-state index in [1.807, 2.05) is 13.8 Å². The lowest BCUT2D eigenvalue weighted by Crippen LogP contribution is -2.30. The van der Waals surface area contributed by atoms with Crippen molar-refractivity contribution in [3.63, 3.8) is 0 Å². The van der Waals surface area contributed by atoms with Gasteiger partial charge in [0.05, 0.1) is 5.41 Å². The van der Waals surface area contributed by atoms with Crippen LogP contribution < -0.4 is 0 Å². The average Bonchev–Trinajstić information content (AvgIpc) is 2.33. The summed E-state index contributed by atoms with van der Waals surface area (Å²) < 4.78 is 0. The van der Waals surface area contributed by atoms with Crippen LogP contribution in [-0.2, 0) is 4.79 Å². The van der Waals surface area contributed by atoms with Crippen molar-refractivity contribution in [1.29, 1.82) is 0 Å². The molecule has 2 unspecified atom stereocenters. The summed E-state index contributed by atoms with van der Waals surface area (Å²) in [4.78, 5) is 11.2. The number of aliphatic carboxylic acids is 1. The number of carboxylic acid groups (broad SMARTS) is 1. The van der Waals surface area contributed by atoms with Crippen LogP contribution in [0.5, 0.6) is 0 Å². The Bertz CT molecular complexity index is 291. The second kappa shape index (κ2) is 6.96. The summed E-state index contributed by atoms with van der Waals surface area (Å²) in [7, 11) is 0. The molecular formula is C16H30O2. The molecule has 0 aromatic rings. The third kappa shape index (κ3) is 4.47. The van der Waals surface area contributed by atoms with Gasteiger partial charge in [0.1, 0.15) is 0 Å². The predicted octanol–water partition coefficient (Wildman–Crippen LogP) is 4.90. The Morgan fingerprint density at radius 3 is 2.11 bits per heavy atom. The molecule has 2 heteroatoms. The lowest BCUT2D eigenvalue weighted by atomic mass is 9.68. The summed E-state index contributed by atoms with van der Waals surface area (Å²) in [5.41, 5.74) is -0.418. The van der Waals surface area contributed by atoms with Gasteiger partial charge in [0.25, 0.3) is 0 Å². The van der Waals surface area contributed by atoms with Crippen molar-refractivity contribution in [2.45, 2.75) is 67.2 Å². The lowest BCUT2D eigenvalue weighted by Gasteiger charge is -2.37. The number of carbonyl (C=O) groups is 1. The molecule has 0 saturated heterocycles. The Morgan fingerprint density at radius 1 is 1.22 bits per heavy atom. The molecule has 0 spiro atoms. The molecule has 0 aromatic carbocycles. The van der Waals surface area contributed by atoms with Gasteiger partial charge >= 0.3 is 5.97 Å². The standard InChI is InChI=1S/C16H30O2/c1-7-10-13(8-2)16(6,9-3)12-11-15(4,5)14(17)18/h7,10,13H,8-9,11-12H2,1-6H3,(H,17,18)/b10-7-.